The van der Waals surface area contributed by atoms with Crippen molar-refractivity contribution in [3.05, 3.63) is 57.8 Å². The number of aromatic nitrogens is 5. The van der Waals surface area contributed by atoms with Crippen LogP contribution in [0.2, 0.25) is 0 Å². The predicted octanol–water partition coefficient (Wildman–Crippen LogP) is 3.22. The van der Waals surface area contributed by atoms with E-state index in [4.69, 9.17) is 0 Å². The number of hydrogen-bond donors (Lipinski definition) is 1. The summed E-state index contributed by atoms with van der Waals surface area (Å²) in [6, 6.07) is 8.03. The largest absolute Gasteiger partial charge is 0.363 e. The van der Waals surface area contributed by atoms with Crippen LogP contribution in [-0.4, -0.2) is 29.7 Å². The Kier molecular flexibility index (Phi) is 5.11. The number of aryl methyl sites for hydroxylation is 1. The fourth-order valence-electron chi connectivity index (χ4n) is 2.72. The number of hydrogen-bond acceptors (Lipinski definition) is 7. The Morgan fingerprint density at radius 3 is 2.48 bits per heavy atom. The van der Waals surface area contributed by atoms with E-state index in [2.05, 4.69) is 39.3 Å². The van der Waals surface area contributed by atoms with Gasteiger partial charge in [-0.1, -0.05) is 13.8 Å². The van der Waals surface area contributed by atoms with Crippen LogP contribution in [0.5, 0.6) is 0 Å². The van der Waals surface area contributed by atoms with Crippen molar-refractivity contribution >= 4 is 11.5 Å². The van der Waals surface area contributed by atoms with Gasteiger partial charge in [-0.05, 0) is 19.1 Å². The first-order chi connectivity index (χ1) is 12.8. The molecule has 1 N–H and O–H groups in total. The van der Waals surface area contributed by atoms with Gasteiger partial charge in [0, 0.05) is 42.4 Å². The number of nitrogens with one attached hydrogen (secondary N) is 1. The Bertz CT molecular complexity index is 964. The predicted molar refractivity (Wildman–Crippen MR) is 101 cm³/mol. The summed E-state index contributed by atoms with van der Waals surface area (Å²) in [6.45, 7) is 6.50. The third-order valence-corrected chi connectivity index (χ3v) is 4.13. The SMILES string of the molecule is Cc1cc(NCc2nnc(C(C)C)n2C)nc(-c2ccc([N+](=O)[O-])cc2)n1. The second kappa shape index (κ2) is 7.48. The van der Waals surface area contributed by atoms with Gasteiger partial charge < -0.3 is 9.88 Å². The second-order valence-corrected chi connectivity index (χ2v) is 6.56. The van der Waals surface area contributed by atoms with Gasteiger partial charge in [-0.3, -0.25) is 10.1 Å². The molecule has 0 aliphatic heterocycles. The molecule has 0 amide bonds. The van der Waals surface area contributed by atoms with Crippen molar-refractivity contribution < 1.29 is 4.92 Å². The minimum absolute atomic E-state index is 0.0352. The fourth-order valence-corrected chi connectivity index (χ4v) is 2.72. The highest BCUT2D eigenvalue weighted by Crippen LogP contribution is 2.21. The number of nitro groups is 1. The Morgan fingerprint density at radius 1 is 1.19 bits per heavy atom. The van der Waals surface area contributed by atoms with Gasteiger partial charge in [0.2, 0.25) is 0 Å². The molecule has 3 rings (SSSR count). The van der Waals surface area contributed by atoms with Crippen LogP contribution in [0.4, 0.5) is 11.5 Å². The number of benzene rings is 1. The molecule has 2 heterocycles. The van der Waals surface area contributed by atoms with E-state index in [0.29, 0.717) is 29.7 Å². The minimum Gasteiger partial charge on any atom is -0.363 e. The molecule has 0 fully saturated rings. The number of anilines is 1. The van der Waals surface area contributed by atoms with Crippen LogP contribution >= 0.6 is 0 Å². The van der Waals surface area contributed by atoms with Gasteiger partial charge in [0.25, 0.3) is 5.69 Å². The summed E-state index contributed by atoms with van der Waals surface area (Å²) in [5.74, 6) is 3.20. The topological polar surface area (TPSA) is 112 Å². The highest BCUT2D eigenvalue weighted by Gasteiger charge is 2.13. The van der Waals surface area contributed by atoms with Gasteiger partial charge in [0.15, 0.2) is 11.6 Å². The van der Waals surface area contributed by atoms with E-state index in [1.54, 1.807) is 12.1 Å². The molecule has 0 atom stereocenters. The van der Waals surface area contributed by atoms with Crippen molar-refractivity contribution in [1.82, 2.24) is 24.7 Å². The second-order valence-electron chi connectivity index (χ2n) is 6.56. The van der Waals surface area contributed by atoms with Crippen molar-refractivity contribution in [2.45, 2.75) is 33.2 Å². The zero-order chi connectivity index (χ0) is 19.6. The van der Waals surface area contributed by atoms with Crippen molar-refractivity contribution in [3.63, 3.8) is 0 Å². The lowest BCUT2D eigenvalue weighted by Crippen LogP contribution is -2.10. The summed E-state index contributed by atoms with van der Waals surface area (Å²) in [4.78, 5) is 19.3. The first-order valence-electron chi connectivity index (χ1n) is 8.57. The smallest absolute Gasteiger partial charge is 0.269 e. The fraction of sp³-hybridized carbons (Fsp3) is 0.333. The molecule has 0 bridgehead atoms. The standard InChI is InChI=1S/C18H21N7O2/c1-11(2)18-23-22-16(24(18)4)10-19-15-9-12(3)20-17(21-15)13-5-7-14(8-6-13)25(26)27/h5-9,11H,10H2,1-4H3,(H,19,20,21). The molecule has 140 valence electrons. The quantitative estimate of drug-likeness (QED) is 0.526. The molecule has 9 heteroatoms. The van der Waals surface area contributed by atoms with E-state index >= 15 is 0 Å². The van der Waals surface area contributed by atoms with Crippen molar-refractivity contribution in [2.24, 2.45) is 7.05 Å². The van der Waals surface area contributed by atoms with Crippen molar-refractivity contribution in [3.8, 4) is 11.4 Å². The Hall–Kier alpha value is -3.36. The molecule has 0 saturated heterocycles. The number of rotatable bonds is 6. The van der Waals surface area contributed by atoms with Crippen LogP contribution in [-0.2, 0) is 13.6 Å². The summed E-state index contributed by atoms with van der Waals surface area (Å²) in [5.41, 5.74) is 1.54. The van der Waals surface area contributed by atoms with E-state index in [9.17, 15) is 10.1 Å². The first kappa shape index (κ1) is 18.4. The van der Waals surface area contributed by atoms with Gasteiger partial charge in [-0.2, -0.15) is 0 Å². The lowest BCUT2D eigenvalue weighted by molar-refractivity contribution is -0.384. The Morgan fingerprint density at radius 2 is 1.89 bits per heavy atom. The summed E-state index contributed by atoms with van der Waals surface area (Å²) < 4.78 is 1.98. The summed E-state index contributed by atoms with van der Waals surface area (Å²) in [5, 5.41) is 22.5. The summed E-state index contributed by atoms with van der Waals surface area (Å²) in [6.07, 6.45) is 0. The molecule has 3 aromatic rings. The van der Waals surface area contributed by atoms with E-state index < -0.39 is 4.92 Å². The van der Waals surface area contributed by atoms with E-state index in [0.717, 1.165) is 17.3 Å². The third-order valence-electron chi connectivity index (χ3n) is 4.13. The van der Waals surface area contributed by atoms with Crippen LogP contribution in [0.3, 0.4) is 0 Å². The number of nitrogens with zero attached hydrogens (tertiary/aromatic N) is 6. The normalized spacial score (nSPS) is 11.0. The molecular formula is C18H21N7O2. The zero-order valence-electron chi connectivity index (χ0n) is 15.7. The molecule has 0 aliphatic carbocycles. The summed E-state index contributed by atoms with van der Waals surface area (Å²) in [7, 11) is 1.94. The molecular weight excluding hydrogens is 346 g/mol. The highest BCUT2D eigenvalue weighted by molar-refractivity contribution is 5.59. The van der Waals surface area contributed by atoms with E-state index in [-0.39, 0.29) is 5.69 Å². The molecule has 0 unspecified atom stereocenters. The van der Waals surface area contributed by atoms with Gasteiger partial charge in [0.05, 0.1) is 11.5 Å². The van der Waals surface area contributed by atoms with Crippen LogP contribution in [0.25, 0.3) is 11.4 Å². The molecule has 0 saturated carbocycles. The number of nitro benzene ring substituents is 1. The van der Waals surface area contributed by atoms with Crippen LogP contribution in [0, 0.1) is 17.0 Å². The molecule has 0 aliphatic rings. The first-order valence-corrected chi connectivity index (χ1v) is 8.57. The Balaban J connectivity index is 1.80. The van der Waals surface area contributed by atoms with Gasteiger partial charge in [-0.25, -0.2) is 9.97 Å². The van der Waals surface area contributed by atoms with Crippen molar-refractivity contribution in [2.75, 3.05) is 5.32 Å². The zero-order valence-corrected chi connectivity index (χ0v) is 15.7. The maximum absolute atomic E-state index is 10.8. The molecule has 1 aromatic carbocycles. The molecule has 0 radical (unpaired) electrons. The monoisotopic (exact) mass is 367 g/mol. The van der Waals surface area contributed by atoms with Crippen LogP contribution in [0.1, 0.15) is 37.1 Å². The third kappa shape index (κ3) is 4.08. The molecule has 27 heavy (non-hydrogen) atoms. The van der Waals surface area contributed by atoms with Crippen molar-refractivity contribution in [1.29, 1.82) is 0 Å². The minimum atomic E-state index is -0.430. The van der Waals surface area contributed by atoms with Gasteiger partial charge >= 0.3 is 0 Å². The van der Waals surface area contributed by atoms with Gasteiger partial charge in [0.1, 0.15) is 11.6 Å². The van der Waals surface area contributed by atoms with E-state index in [1.165, 1.54) is 12.1 Å². The Labute approximate surface area is 156 Å². The maximum atomic E-state index is 10.8. The maximum Gasteiger partial charge on any atom is 0.269 e. The average molecular weight is 367 g/mol. The van der Waals surface area contributed by atoms with E-state index in [1.807, 2.05) is 24.6 Å². The highest BCUT2D eigenvalue weighted by atomic mass is 16.6. The summed E-state index contributed by atoms with van der Waals surface area (Å²) >= 11 is 0. The number of non-ortho nitro benzene ring substituents is 1. The lowest BCUT2D eigenvalue weighted by Gasteiger charge is -2.09. The average Bonchev–Trinajstić information content (AvgIpc) is 3.00. The molecule has 0 spiro atoms. The van der Waals surface area contributed by atoms with Gasteiger partial charge in [-0.15, -0.1) is 10.2 Å². The van der Waals surface area contributed by atoms with Crippen LogP contribution in [0.15, 0.2) is 30.3 Å². The molecule has 9 nitrogen and oxygen atoms in total. The van der Waals surface area contributed by atoms with Crippen LogP contribution < -0.4 is 5.32 Å². The molecule has 2 aromatic heterocycles. The lowest BCUT2D eigenvalue weighted by atomic mass is 10.2.